The Kier molecular flexibility index (Phi) is 4.07. The number of carbonyl (C=O) groups excluding carboxylic acids is 2. The van der Waals surface area contributed by atoms with E-state index in [2.05, 4.69) is 10.5 Å². The molecule has 2 rings (SSSR count). The van der Waals surface area contributed by atoms with Gasteiger partial charge in [-0.2, -0.15) is 0 Å². The SMILES string of the molecule is CCC1(C)NC(=O)C(C(C)C)N(Cc2cc(C)no2)C1=O. The molecule has 116 valence electrons. The summed E-state index contributed by atoms with van der Waals surface area (Å²) in [4.78, 5) is 26.8. The molecule has 1 N–H and O–H groups in total. The van der Waals surface area contributed by atoms with Crippen molar-refractivity contribution < 1.29 is 14.1 Å². The Hall–Kier alpha value is -1.85. The maximum Gasteiger partial charge on any atom is 0.249 e. The largest absolute Gasteiger partial charge is 0.359 e. The lowest BCUT2D eigenvalue weighted by molar-refractivity contribution is -0.157. The van der Waals surface area contributed by atoms with Gasteiger partial charge in [0.1, 0.15) is 11.6 Å². The Morgan fingerprint density at radius 2 is 2.14 bits per heavy atom. The highest BCUT2D eigenvalue weighted by Crippen LogP contribution is 2.26. The quantitative estimate of drug-likeness (QED) is 0.915. The molecule has 1 aromatic heterocycles. The minimum Gasteiger partial charge on any atom is -0.359 e. The maximum absolute atomic E-state index is 12.8. The fourth-order valence-corrected chi connectivity index (χ4v) is 2.72. The fraction of sp³-hybridized carbons (Fsp3) is 0.667. The zero-order valence-corrected chi connectivity index (χ0v) is 13.3. The topological polar surface area (TPSA) is 75.4 Å². The first-order chi connectivity index (χ1) is 9.78. The van der Waals surface area contributed by atoms with Crippen LogP contribution in [0, 0.1) is 12.8 Å². The van der Waals surface area contributed by atoms with Crippen molar-refractivity contribution in [1.82, 2.24) is 15.4 Å². The van der Waals surface area contributed by atoms with Crippen molar-refractivity contribution in [3.8, 4) is 0 Å². The minimum absolute atomic E-state index is 0.0272. The van der Waals surface area contributed by atoms with Gasteiger partial charge in [-0.1, -0.05) is 25.9 Å². The second kappa shape index (κ2) is 5.50. The van der Waals surface area contributed by atoms with Gasteiger partial charge < -0.3 is 14.7 Å². The molecule has 0 saturated carbocycles. The molecule has 1 saturated heterocycles. The molecule has 0 bridgehead atoms. The Morgan fingerprint density at radius 1 is 1.48 bits per heavy atom. The van der Waals surface area contributed by atoms with E-state index in [-0.39, 0.29) is 24.3 Å². The lowest BCUT2D eigenvalue weighted by Crippen LogP contribution is -2.69. The van der Waals surface area contributed by atoms with Crippen LogP contribution in [-0.2, 0) is 16.1 Å². The van der Waals surface area contributed by atoms with Crippen LogP contribution in [0.5, 0.6) is 0 Å². The van der Waals surface area contributed by atoms with Crippen LogP contribution in [0.15, 0.2) is 10.6 Å². The van der Waals surface area contributed by atoms with Gasteiger partial charge in [0.25, 0.3) is 0 Å². The van der Waals surface area contributed by atoms with Gasteiger partial charge >= 0.3 is 0 Å². The van der Waals surface area contributed by atoms with E-state index in [1.165, 1.54) is 0 Å². The molecule has 2 unspecified atom stereocenters. The highest BCUT2D eigenvalue weighted by molar-refractivity contribution is 5.99. The normalized spacial score (nSPS) is 26.4. The summed E-state index contributed by atoms with van der Waals surface area (Å²) in [6.45, 7) is 9.63. The second-order valence-corrected chi connectivity index (χ2v) is 6.23. The molecule has 1 aromatic rings. The molecule has 2 amide bonds. The molecule has 1 aliphatic heterocycles. The molecule has 0 spiro atoms. The Labute approximate surface area is 124 Å². The van der Waals surface area contributed by atoms with Crippen molar-refractivity contribution >= 4 is 11.8 Å². The summed E-state index contributed by atoms with van der Waals surface area (Å²) in [5.74, 6) is 0.446. The zero-order chi connectivity index (χ0) is 15.8. The van der Waals surface area contributed by atoms with Crippen LogP contribution in [0.25, 0.3) is 0 Å². The molecule has 1 aliphatic rings. The molecule has 0 aromatic carbocycles. The lowest BCUT2D eigenvalue weighted by Gasteiger charge is -2.45. The predicted molar refractivity (Wildman–Crippen MR) is 77.3 cm³/mol. The summed E-state index contributed by atoms with van der Waals surface area (Å²) >= 11 is 0. The zero-order valence-electron chi connectivity index (χ0n) is 13.3. The van der Waals surface area contributed by atoms with E-state index in [1.807, 2.05) is 27.7 Å². The van der Waals surface area contributed by atoms with Crippen LogP contribution in [-0.4, -0.2) is 33.5 Å². The van der Waals surface area contributed by atoms with E-state index in [0.717, 1.165) is 5.69 Å². The third-order valence-corrected chi connectivity index (χ3v) is 4.08. The van der Waals surface area contributed by atoms with Crippen molar-refractivity contribution in [3.05, 3.63) is 17.5 Å². The minimum atomic E-state index is -0.850. The highest BCUT2D eigenvalue weighted by atomic mass is 16.5. The van der Waals surface area contributed by atoms with E-state index in [0.29, 0.717) is 12.2 Å². The number of aromatic nitrogens is 1. The standard InChI is InChI=1S/C15H23N3O3/c1-6-15(5)14(20)18(8-11-7-10(4)17-21-11)12(9(2)3)13(19)16-15/h7,9,12H,6,8H2,1-5H3,(H,16,19). The van der Waals surface area contributed by atoms with Gasteiger partial charge in [0, 0.05) is 6.07 Å². The molecule has 1 fully saturated rings. The maximum atomic E-state index is 12.8. The molecule has 6 heteroatoms. The Morgan fingerprint density at radius 3 is 2.62 bits per heavy atom. The average Bonchev–Trinajstić information content (AvgIpc) is 2.80. The van der Waals surface area contributed by atoms with Gasteiger partial charge in [0.15, 0.2) is 5.76 Å². The van der Waals surface area contributed by atoms with E-state index in [1.54, 1.807) is 17.9 Å². The van der Waals surface area contributed by atoms with Crippen LogP contribution in [0.2, 0.25) is 0 Å². The van der Waals surface area contributed by atoms with Gasteiger partial charge in [-0.15, -0.1) is 0 Å². The van der Waals surface area contributed by atoms with Crippen molar-refractivity contribution in [1.29, 1.82) is 0 Å². The number of carbonyl (C=O) groups is 2. The smallest absolute Gasteiger partial charge is 0.249 e. The fourth-order valence-electron chi connectivity index (χ4n) is 2.72. The summed E-state index contributed by atoms with van der Waals surface area (Å²) < 4.78 is 5.20. The van der Waals surface area contributed by atoms with Crippen LogP contribution < -0.4 is 5.32 Å². The Balaban J connectivity index is 2.34. The van der Waals surface area contributed by atoms with E-state index in [9.17, 15) is 9.59 Å². The summed E-state index contributed by atoms with van der Waals surface area (Å²) in [7, 11) is 0. The lowest BCUT2D eigenvalue weighted by atomic mass is 9.88. The van der Waals surface area contributed by atoms with Crippen LogP contribution in [0.3, 0.4) is 0 Å². The van der Waals surface area contributed by atoms with Crippen LogP contribution >= 0.6 is 0 Å². The van der Waals surface area contributed by atoms with Gasteiger partial charge in [-0.3, -0.25) is 9.59 Å². The number of amides is 2. The third-order valence-electron chi connectivity index (χ3n) is 4.08. The van der Waals surface area contributed by atoms with Crippen molar-refractivity contribution in [2.24, 2.45) is 5.92 Å². The second-order valence-electron chi connectivity index (χ2n) is 6.23. The summed E-state index contributed by atoms with van der Waals surface area (Å²) in [6, 6.07) is 1.31. The van der Waals surface area contributed by atoms with Gasteiger partial charge in [-0.05, 0) is 26.2 Å². The number of rotatable bonds is 4. The van der Waals surface area contributed by atoms with Crippen molar-refractivity contribution in [2.45, 2.75) is 59.2 Å². The monoisotopic (exact) mass is 293 g/mol. The molecule has 0 radical (unpaired) electrons. The first kappa shape index (κ1) is 15.5. The van der Waals surface area contributed by atoms with Gasteiger partial charge in [-0.25, -0.2) is 0 Å². The summed E-state index contributed by atoms with van der Waals surface area (Å²) in [5.41, 5.74) is -0.0874. The first-order valence-electron chi connectivity index (χ1n) is 7.33. The molecule has 21 heavy (non-hydrogen) atoms. The van der Waals surface area contributed by atoms with Crippen LogP contribution in [0.4, 0.5) is 0 Å². The highest BCUT2D eigenvalue weighted by Gasteiger charge is 2.48. The molecule has 0 aliphatic carbocycles. The number of aryl methyl sites for hydroxylation is 1. The number of piperazine rings is 1. The van der Waals surface area contributed by atoms with E-state index < -0.39 is 11.6 Å². The molecular formula is C15H23N3O3. The summed E-state index contributed by atoms with van der Waals surface area (Å²) in [6.07, 6.45) is 0.550. The molecule has 2 heterocycles. The van der Waals surface area contributed by atoms with Crippen molar-refractivity contribution in [3.63, 3.8) is 0 Å². The van der Waals surface area contributed by atoms with Crippen molar-refractivity contribution in [2.75, 3.05) is 0 Å². The number of nitrogens with one attached hydrogen (secondary N) is 1. The predicted octanol–water partition coefficient (Wildman–Crippen LogP) is 1.63. The molecule has 6 nitrogen and oxygen atoms in total. The average molecular weight is 293 g/mol. The summed E-state index contributed by atoms with van der Waals surface area (Å²) in [5, 5.41) is 6.71. The molecule has 2 atom stereocenters. The van der Waals surface area contributed by atoms with Crippen LogP contribution in [0.1, 0.15) is 45.6 Å². The van der Waals surface area contributed by atoms with E-state index >= 15 is 0 Å². The van der Waals surface area contributed by atoms with Gasteiger partial charge in [0.05, 0.1) is 12.2 Å². The van der Waals surface area contributed by atoms with E-state index in [4.69, 9.17) is 4.52 Å². The Bertz CT molecular complexity index is 552. The number of nitrogens with zero attached hydrogens (tertiary/aromatic N) is 2. The first-order valence-corrected chi connectivity index (χ1v) is 7.33. The van der Waals surface area contributed by atoms with Gasteiger partial charge in [0.2, 0.25) is 11.8 Å². The third kappa shape index (κ3) is 2.80. The number of hydrogen-bond donors (Lipinski definition) is 1. The molecular weight excluding hydrogens is 270 g/mol. The number of hydrogen-bond acceptors (Lipinski definition) is 4.